The normalized spacial score (nSPS) is 11.5. The molecule has 0 fully saturated rings. The number of nitrogens with one attached hydrogen (secondary N) is 2. The van der Waals surface area contributed by atoms with Crippen LogP contribution in [-0.4, -0.2) is 22.9 Å². The minimum atomic E-state index is -0.134. The first-order valence-electron chi connectivity index (χ1n) is 8.48. The van der Waals surface area contributed by atoms with Crippen molar-refractivity contribution in [2.24, 2.45) is 0 Å². The van der Waals surface area contributed by atoms with E-state index in [1.165, 1.54) is 6.92 Å². The van der Waals surface area contributed by atoms with E-state index in [2.05, 4.69) is 17.6 Å². The van der Waals surface area contributed by atoms with Gasteiger partial charge in [-0.2, -0.15) is 0 Å². The molecule has 0 bridgehead atoms. The van der Waals surface area contributed by atoms with Gasteiger partial charge in [-0.1, -0.05) is 37.3 Å². The van der Waals surface area contributed by atoms with Crippen LogP contribution >= 0.6 is 0 Å². The van der Waals surface area contributed by atoms with Crippen LogP contribution in [-0.2, 0) is 11.3 Å². The second-order valence-corrected chi connectivity index (χ2v) is 6.06. The van der Waals surface area contributed by atoms with Crippen molar-refractivity contribution >= 4 is 23.3 Å². The number of rotatable bonds is 6. The zero-order valence-electron chi connectivity index (χ0n) is 15.0. The van der Waals surface area contributed by atoms with Crippen molar-refractivity contribution in [3.8, 4) is 0 Å². The smallest absolute Gasteiger partial charge is 0.322 e. The number of urea groups is 1. The van der Waals surface area contributed by atoms with Crippen LogP contribution in [0.5, 0.6) is 0 Å². The van der Waals surface area contributed by atoms with Crippen LogP contribution in [0, 0.1) is 0 Å². The van der Waals surface area contributed by atoms with E-state index in [4.69, 9.17) is 0 Å². The number of amides is 3. The molecule has 25 heavy (non-hydrogen) atoms. The standard InChI is InChI=1S/C20H25N3O2/c1-4-15(2)23(14-17-8-6-5-7-9-17)20(25)22-19-12-10-18(11-13-19)21-16(3)24/h5-13,15H,4,14H2,1-3H3,(H,21,24)(H,22,25)/t15-/m0/s1. The SMILES string of the molecule is CC[C@H](C)N(Cc1ccccc1)C(=O)Nc1ccc(NC(C)=O)cc1. The Balaban J connectivity index is 2.07. The summed E-state index contributed by atoms with van der Waals surface area (Å²) in [5.41, 5.74) is 2.49. The van der Waals surface area contributed by atoms with E-state index < -0.39 is 0 Å². The van der Waals surface area contributed by atoms with Crippen LogP contribution in [0.25, 0.3) is 0 Å². The molecule has 0 aliphatic carbocycles. The van der Waals surface area contributed by atoms with Crippen molar-refractivity contribution < 1.29 is 9.59 Å². The molecule has 0 spiro atoms. The van der Waals surface area contributed by atoms with E-state index in [1.54, 1.807) is 24.3 Å². The van der Waals surface area contributed by atoms with Crippen LogP contribution in [0.2, 0.25) is 0 Å². The molecule has 0 saturated carbocycles. The summed E-state index contributed by atoms with van der Waals surface area (Å²) in [5.74, 6) is -0.123. The first-order valence-corrected chi connectivity index (χ1v) is 8.48. The topological polar surface area (TPSA) is 61.4 Å². The third-order valence-corrected chi connectivity index (χ3v) is 4.04. The second-order valence-electron chi connectivity index (χ2n) is 6.06. The summed E-state index contributed by atoms with van der Waals surface area (Å²) >= 11 is 0. The maximum absolute atomic E-state index is 12.7. The van der Waals surface area contributed by atoms with Gasteiger partial charge in [-0.05, 0) is 43.2 Å². The molecule has 0 unspecified atom stereocenters. The van der Waals surface area contributed by atoms with Gasteiger partial charge in [0.05, 0.1) is 0 Å². The van der Waals surface area contributed by atoms with Crippen LogP contribution in [0.1, 0.15) is 32.8 Å². The summed E-state index contributed by atoms with van der Waals surface area (Å²) in [6, 6.07) is 17.0. The zero-order chi connectivity index (χ0) is 18.2. The van der Waals surface area contributed by atoms with Gasteiger partial charge >= 0.3 is 6.03 Å². The van der Waals surface area contributed by atoms with Gasteiger partial charge in [0.25, 0.3) is 0 Å². The van der Waals surface area contributed by atoms with Gasteiger partial charge in [-0.25, -0.2) is 4.79 Å². The monoisotopic (exact) mass is 339 g/mol. The van der Waals surface area contributed by atoms with Crippen LogP contribution < -0.4 is 10.6 Å². The summed E-state index contributed by atoms with van der Waals surface area (Å²) in [6.45, 7) is 6.13. The predicted octanol–water partition coefficient (Wildman–Crippen LogP) is 4.48. The van der Waals surface area contributed by atoms with Gasteiger partial charge in [-0.3, -0.25) is 4.79 Å². The fourth-order valence-corrected chi connectivity index (χ4v) is 2.46. The second kappa shape index (κ2) is 8.87. The van der Waals surface area contributed by atoms with Crippen molar-refractivity contribution in [1.29, 1.82) is 0 Å². The van der Waals surface area contributed by atoms with Gasteiger partial charge in [0.15, 0.2) is 0 Å². The average Bonchev–Trinajstić information content (AvgIpc) is 2.61. The highest BCUT2D eigenvalue weighted by Crippen LogP contribution is 2.17. The minimum absolute atomic E-state index is 0.123. The van der Waals surface area contributed by atoms with Crippen molar-refractivity contribution in [2.45, 2.75) is 39.8 Å². The third kappa shape index (κ3) is 5.64. The lowest BCUT2D eigenvalue weighted by atomic mass is 10.1. The van der Waals surface area contributed by atoms with Gasteiger partial charge < -0.3 is 15.5 Å². The Morgan fingerprint density at radius 3 is 2.04 bits per heavy atom. The maximum Gasteiger partial charge on any atom is 0.322 e. The van der Waals surface area contributed by atoms with E-state index in [0.717, 1.165) is 12.0 Å². The third-order valence-electron chi connectivity index (χ3n) is 4.04. The lowest BCUT2D eigenvalue weighted by Gasteiger charge is -2.29. The number of anilines is 2. The molecule has 2 aromatic carbocycles. The highest BCUT2D eigenvalue weighted by atomic mass is 16.2. The Bertz CT molecular complexity index is 699. The van der Waals surface area contributed by atoms with Gasteiger partial charge in [0.2, 0.25) is 5.91 Å². The highest BCUT2D eigenvalue weighted by Gasteiger charge is 2.19. The van der Waals surface area contributed by atoms with Crippen LogP contribution in [0.3, 0.4) is 0 Å². The molecule has 0 heterocycles. The molecule has 0 aromatic heterocycles. The largest absolute Gasteiger partial charge is 0.326 e. The summed E-state index contributed by atoms with van der Waals surface area (Å²) < 4.78 is 0. The summed E-state index contributed by atoms with van der Waals surface area (Å²) in [5, 5.41) is 5.64. The molecule has 5 nitrogen and oxygen atoms in total. The number of hydrogen-bond donors (Lipinski definition) is 2. The van der Waals surface area contributed by atoms with Gasteiger partial charge in [-0.15, -0.1) is 0 Å². The van der Waals surface area contributed by atoms with Crippen molar-refractivity contribution in [3.05, 3.63) is 60.2 Å². The van der Waals surface area contributed by atoms with Crippen molar-refractivity contribution in [1.82, 2.24) is 4.90 Å². The summed E-state index contributed by atoms with van der Waals surface area (Å²) in [6.07, 6.45) is 0.877. The molecule has 0 aliphatic heterocycles. The van der Waals surface area contributed by atoms with Crippen LogP contribution in [0.15, 0.2) is 54.6 Å². The van der Waals surface area contributed by atoms with Crippen molar-refractivity contribution in [3.63, 3.8) is 0 Å². The Morgan fingerprint density at radius 2 is 1.52 bits per heavy atom. The minimum Gasteiger partial charge on any atom is -0.326 e. The fraction of sp³-hybridized carbons (Fsp3) is 0.300. The Hall–Kier alpha value is -2.82. The van der Waals surface area contributed by atoms with E-state index in [0.29, 0.717) is 17.9 Å². The molecule has 2 aromatic rings. The van der Waals surface area contributed by atoms with Crippen molar-refractivity contribution in [2.75, 3.05) is 10.6 Å². The molecule has 0 aliphatic rings. The fourth-order valence-electron chi connectivity index (χ4n) is 2.46. The Morgan fingerprint density at radius 1 is 0.960 bits per heavy atom. The van der Waals surface area contributed by atoms with Gasteiger partial charge in [0.1, 0.15) is 0 Å². The molecular weight excluding hydrogens is 314 g/mol. The molecule has 2 rings (SSSR count). The molecule has 5 heteroatoms. The molecule has 0 saturated heterocycles. The first kappa shape index (κ1) is 18.5. The summed E-state index contributed by atoms with van der Waals surface area (Å²) in [7, 11) is 0. The molecule has 132 valence electrons. The number of carbonyl (C=O) groups is 2. The first-order chi connectivity index (χ1) is 12.0. The van der Waals surface area contributed by atoms with E-state index in [-0.39, 0.29) is 18.0 Å². The lowest BCUT2D eigenvalue weighted by Crippen LogP contribution is -2.40. The van der Waals surface area contributed by atoms with Gasteiger partial charge in [0, 0.05) is 30.9 Å². The average molecular weight is 339 g/mol. The molecular formula is C20H25N3O2. The molecule has 1 atom stereocenters. The highest BCUT2D eigenvalue weighted by molar-refractivity contribution is 5.91. The Labute approximate surface area is 149 Å². The zero-order valence-corrected chi connectivity index (χ0v) is 15.0. The number of nitrogens with zero attached hydrogens (tertiary/aromatic N) is 1. The van der Waals surface area contributed by atoms with E-state index in [1.807, 2.05) is 42.2 Å². The number of benzene rings is 2. The molecule has 2 N–H and O–H groups in total. The lowest BCUT2D eigenvalue weighted by molar-refractivity contribution is -0.114. The Kier molecular flexibility index (Phi) is 6.57. The molecule has 3 amide bonds. The maximum atomic E-state index is 12.7. The van der Waals surface area contributed by atoms with E-state index >= 15 is 0 Å². The number of hydrogen-bond acceptors (Lipinski definition) is 2. The predicted molar refractivity (Wildman–Crippen MR) is 102 cm³/mol. The molecule has 0 radical (unpaired) electrons. The summed E-state index contributed by atoms with van der Waals surface area (Å²) in [4.78, 5) is 25.6. The number of carbonyl (C=O) groups excluding carboxylic acids is 2. The van der Waals surface area contributed by atoms with Crippen LogP contribution in [0.4, 0.5) is 16.2 Å². The van der Waals surface area contributed by atoms with E-state index in [9.17, 15) is 9.59 Å². The quantitative estimate of drug-likeness (QED) is 0.815.